The van der Waals surface area contributed by atoms with Gasteiger partial charge in [-0.2, -0.15) is 0 Å². The van der Waals surface area contributed by atoms with Gasteiger partial charge in [-0.05, 0) is 19.1 Å². The van der Waals surface area contributed by atoms with Crippen molar-refractivity contribution in [2.75, 3.05) is 10.6 Å². The summed E-state index contributed by atoms with van der Waals surface area (Å²) in [6.45, 7) is 1.74. The summed E-state index contributed by atoms with van der Waals surface area (Å²) in [7, 11) is -3.33. The Morgan fingerprint density at radius 1 is 1.31 bits per heavy atom. The smallest absolute Gasteiger partial charge is 0.232 e. The topological polar surface area (TPSA) is 54.5 Å². The quantitative estimate of drug-likeness (QED) is 0.745. The number of hydrogen-bond acceptors (Lipinski definition) is 3. The van der Waals surface area contributed by atoms with Crippen molar-refractivity contribution in [3.63, 3.8) is 0 Å². The van der Waals surface area contributed by atoms with Gasteiger partial charge in [0, 0.05) is 18.0 Å². The van der Waals surface area contributed by atoms with Crippen molar-refractivity contribution in [3.05, 3.63) is 29.8 Å². The standard InChI is InChI=1S/C11H13NO3S/c1-8-7-11(13)9-5-3-4-6-10(9)12(8)16(2,14)15/h3-6,8H,7H2,1-2H3. The zero-order chi connectivity index (χ0) is 11.9. The Hall–Kier alpha value is -1.36. The minimum atomic E-state index is -3.33. The highest BCUT2D eigenvalue weighted by Crippen LogP contribution is 2.32. The number of anilines is 1. The second-order valence-electron chi connectivity index (χ2n) is 4.05. The van der Waals surface area contributed by atoms with Gasteiger partial charge in [-0.3, -0.25) is 9.10 Å². The molecule has 0 saturated heterocycles. The van der Waals surface area contributed by atoms with Crippen molar-refractivity contribution in [1.29, 1.82) is 0 Å². The molecule has 0 N–H and O–H groups in total. The first-order valence-corrected chi connectivity index (χ1v) is 6.87. The molecule has 1 aromatic rings. The van der Waals surface area contributed by atoms with Gasteiger partial charge in [-0.25, -0.2) is 8.42 Å². The molecule has 1 heterocycles. The maximum atomic E-state index is 11.7. The number of carbonyl (C=O) groups excluding carboxylic acids is 1. The lowest BCUT2D eigenvalue weighted by Crippen LogP contribution is -2.43. The first kappa shape index (κ1) is 11.1. The number of para-hydroxylation sites is 1. The molecule has 0 amide bonds. The molecule has 1 aliphatic heterocycles. The van der Waals surface area contributed by atoms with E-state index < -0.39 is 10.0 Å². The van der Waals surface area contributed by atoms with E-state index >= 15 is 0 Å². The van der Waals surface area contributed by atoms with Gasteiger partial charge in [0.25, 0.3) is 0 Å². The predicted molar refractivity (Wildman–Crippen MR) is 62.2 cm³/mol. The molecule has 1 atom stereocenters. The number of nitrogens with zero attached hydrogens (tertiary/aromatic N) is 1. The minimum absolute atomic E-state index is 0.00278. The van der Waals surface area contributed by atoms with Gasteiger partial charge in [0.15, 0.2) is 5.78 Å². The number of hydrogen-bond donors (Lipinski definition) is 0. The van der Waals surface area contributed by atoms with E-state index in [-0.39, 0.29) is 18.2 Å². The molecular formula is C11H13NO3S. The molecule has 0 radical (unpaired) electrons. The Morgan fingerprint density at radius 3 is 2.56 bits per heavy atom. The molecule has 4 nitrogen and oxygen atoms in total. The molecule has 0 bridgehead atoms. The van der Waals surface area contributed by atoms with Crippen LogP contribution in [0.15, 0.2) is 24.3 Å². The molecule has 1 unspecified atom stereocenters. The van der Waals surface area contributed by atoms with Crippen LogP contribution < -0.4 is 4.31 Å². The van der Waals surface area contributed by atoms with Crippen molar-refractivity contribution >= 4 is 21.5 Å². The summed E-state index contributed by atoms with van der Waals surface area (Å²) in [6.07, 6.45) is 1.40. The zero-order valence-corrected chi connectivity index (χ0v) is 9.99. The summed E-state index contributed by atoms with van der Waals surface area (Å²) in [5.41, 5.74) is 0.986. The average molecular weight is 239 g/mol. The van der Waals surface area contributed by atoms with Gasteiger partial charge < -0.3 is 0 Å². The first-order valence-electron chi connectivity index (χ1n) is 5.03. The molecular weight excluding hydrogens is 226 g/mol. The first-order chi connectivity index (χ1) is 7.41. The fraction of sp³-hybridized carbons (Fsp3) is 0.364. The monoisotopic (exact) mass is 239 g/mol. The van der Waals surface area contributed by atoms with Gasteiger partial charge >= 0.3 is 0 Å². The van der Waals surface area contributed by atoms with E-state index in [0.29, 0.717) is 11.3 Å². The van der Waals surface area contributed by atoms with Crippen LogP contribution in [-0.2, 0) is 10.0 Å². The van der Waals surface area contributed by atoms with Gasteiger partial charge in [-0.15, -0.1) is 0 Å². The molecule has 0 aromatic heterocycles. The van der Waals surface area contributed by atoms with E-state index in [9.17, 15) is 13.2 Å². The summed E-state index contributed by atoms with van der Waals surface area (Å²) in [6, 6.07) is 6.51. The normalized spacial score (nSPS) is 20.8. The molecule has 1 aliphatic rings. The van der Waals surface area contributed by atoms with Crippen molar-refractivity contribution in [2.45, 2.75) is 19.4 Å². The van der Waals surface area contributed by atoms with Crippen LogP contribution in [0.3, 0.4) is 0 Å². The largest absolute Gasteiger partial charge is 0.294 e. The Balaban J connectivity index is 2.65. The molecule has 5 heteroatoms. The van der Waals surface area contributed by atoms with Crippen molar-refractivity contribution < 1.29 is 13.2 Å². The van der Waals surface area contributed by atoms with Gasteiger partial charge in [0.1, 0.15) is 0 Å². The number of rotatable bonds is 1. The number of fused-ring (bicyclic) bond motifs is 1. The Morgan fingerprint density at radius 2 is 1.94 bits per heavy atom. The van der Waals surface area contributed by atoms with Gasteiger partial charge in [-0.1, -0.05) is 12.1 Å². The van der Waals surface area contributed by atoms with Gasteiger partial charge in [0.2, 0.25) is 10.0 Å². The molecule has 0 saturated carbocycles. The second-order valence-corrected chi connectivity index (χ2v) is 5.91. The van der Waals surface area contributed by atoms with Crippen molar-refractivity contribution in [2.24, 2.45) is 0 Å². The lowest BCUT2D eigenvalue weighted by Gasteiger charge is -2.33. The average Bonchev–Trinajstić information content (AvgIpc) is 2.15. The fourth-order valence-corrected chi connectivity index (χ4v) is 3.35. The summed E-state index contributed by atoms with van der Waals surface area (Å²) in [4.78, 5) is 11.7. The molecule has 0 spiro atoms. The van der Waals surface area contributed by atoms with Crippen LogP contribution in [0.5, 0.6) is 0 Å². The summed E-state index contributed by atoms with van der Waals surface area (Å²) >= 11 is 0. The highest BCUT2D eigenvalue weighted by atomic mass is 32.2. The lowest BCUT2D eigenvalue weighted by molar-refractivity contribution is 0.0972. The summed E-state index contributed by atoms with van der Waals surface area (Å²) in [5.74, 6) is 0.00278. The van der Waals surface area contributed by atoms with Crippen LogP contribution >= 0.6 is 0 Å². The van der Waals surface area contributed by atoms with Crippen LogP contribution in [0.1, 0.15) is 23.7 Å². The number of carbonyl (C=O) groups is 1. The van der Waals surface area contributed by atoms with E-state index in [2.05, 4.69) is 0 Å². The zero-order valence-electron chi connectivity index (χ0n) is 9.17. The molecule has 1 aromatic carbocycles. The van der Waals surface area contributed by atoms with Crippen LogP contribution in [0, 0.1) is 0 Å². The highest BCUT2D eigenvalue weighted by molar-refractivity contribution is 7.92. The maximum absolute atomic E-state index is 11.7. The molecule has 86 valence electrons. The number of sulfonamides is 1. The number of benzene rings is 1. The minimum Gasteiger partial charge on any atom is -0.294 e. The third kappa shape index (κ3) is 1.71. The molecule has 2 rings (SSSR count). The Kier molecular flexibility index (Phi) is 2.50. The molecule has 0 aliphatic carbocycles. The summed E-state index contributed by atoms with van der Waals surface area (Å²) < 4.78 is 24.7. The van der Waals surface area contributed by atoms with Crippen LogP contribution in [0.4, 0.5) is 5.69 Å². The third-order valence-corrected chi connectivity index (χ3v) is 3.95. The number of ketones is 1. The third-order valence-electron chi connectivity index (χ3n) is 2.68. The van der Waals surface area contributed by atoms with Crippen molar-refractivity contribution in [1.82, 2.24) is 0 Å². The predicted octanol–water partition coefficient (Wildman–Crippen LogP) is 1.43. The van der Waals surface area contributed by atoms with E-state index in [1.807, 2.05) is 0 Å². The Bertz CT molecular complexity index is 536. The highest BCUT2D eigenvalue weighted by Gasteiger charge is 2.33. The maximum Gasteiger partial charge on any atom is 0.232 e. The van der Waals surface area contributed by atoms with E-state index in [4.69, 9.17) is 0 Å². The van der Waals surface area contributed by atoms with Gasteiger partial charge in [0.05, 0.1) is 11.9 Å². The van der Waals surface area contributed by atoms with Crippen molar-refractivity contribution in [3.8, 4) is 0 Å². The van der Waals surface area contributed by atoms with E-state index in [0.717, 1.165) is 6.26 Å². The lowest BCUT2D eigenvalue weighted by atomic mass is 9.98. The molecule has 0 fully saturated rings. The van der Waals surface area contributed by atoms with Crippen LogP contribution in [0.2, 0.25) is 0 Å². The Labute approximate surface area is 94.9 Å². The fourth-order valence-electron chi connectivity index (χ4n) is 2.11. The second kappa shape index (κ2) is 3.59. The SMILES string of the molecule is CC1CC(=O)c2ccccc2N1S(C)(=O)=O. The van der Waals surface area contributed by atoms with Crippen LogP contribution in [0.25, 0.3) is 0 Å². The van der Waals surface area contributed by atoms with E-state index in [1.54, 1.807) is 31.2 Å². The number of Topliss-reactive ketones (excluding diaryl/α,β-unsaturated/α-hetero) is 1. The van der Waals surface area contributed by atoms with E-state index in [1.165, 1.54) is 4.31 Å². The summed E-state index contributed by atoms with van der Waals surface area (Å²) in [5, 5.41) is 0. The molecule has 16 heavy (non-hydrogen) atoms. The van der Waals surface area contributed by atoms with Crippen LogP contribution in [-0.4, -0.2) is 26.5 Å².